The quantitative estimate of drug-likeness (QED) is 0.869. The van der Waals surface area contributed by atoms with Crippen LogP contribution >= 0.6 is 0 Å². The topological polar surface area (TPSA) is 46.2 Å². The van der Waals surface area contributed by atoms with Gasteiger partial charge < -0.3 is 5.32 Å². The van der Waals surface area contributed by atoms with Gasteiger partial charge in [-0.1, -0.05) is 6.07 Å². The van der Waals surface area contributed by atoms with Crippen molar-refractivity contribution in [3.63, 3.8) is 0 Å². The third-order valence-corrected chi connectivity index (χ3v) is 3.59. The molecule has 1 N–H and O–H groups in total. The summed E-state index contributed by atoms with van der Waals surface area (Å²) < 4.78 is 72.0. The molecule has 0 heterocycles. The summed E-state index contributed by atoms with van der Waals surface area (Å²) in [5, 5.41) is 2.18. The molecule has 3 nitrogen and oxygen atoms in total. The van der Waals surface area contributed by atoms with Crippen LogP contribution in [0.5, 0.6) is 0 Å². The van der Waals surface area contributed by atoms with E-state index in [4.69, 9.17) is 0 Å². The maximum Gasteiger partial charge on any atom is 0.401 e. The molecule has 19 heavy (non-hydrogen) atoms. The van der Waals surface area contributed by atoms with Crippen LogP contribution in [0.2, 0.25) is 0 Å². The molecule has 8 heteroatoms. The molecule has 108 valence electrons. The van der Waals surface area contributed by atoms with Crippen molar-refractivity contribution in [1.82, 2.24) is 5.32 Å². The van der Waals surface area contributed by atoms with Crippen molar-refractivity contribution >= 4 is 9.84 Å². The lowest BCUT2D eigenvalue weighted by Crippen LogP contribution is -2.30. The number of hydrogen-bond acceptors (Lipinski definition) is 3. The van der Waals surface area contributed by atoms with Gasteiger partial charge in [-0.15, -0.1) is 0 Å². The zero-order valence-corrected chi connectivity index (χ0v) is 11.1. The fourth-order valence-corrected chi connectivity index (χ4v) is 2.20. The van der Waals surface area contributed by atoms with Gasteiger partial charge in [0.2, 0.25) is 0 Å². The summed E-state index contributed by atoms with van der Waals surface area (Å²) in [6.45, 7) is 0.226. The van der Waals surface area contributed by atoms with Crippen molar-refractivity contribution in [3.8, 4) is 0 Å². The third kappa shape index (κ3) is 4.79. The van der Waals surface area contributed by atoms with Gasteiger partial charge >= 0.3 is 6.18 Å². The molecule has 0 bridgehead atoms. The van der Waals surface area contributed by atoms with E-state index in [9.17, 15) is 26.0 Å². The minimum absolute atomic E-state index is 0.245. The van der Waals surface area contributed by atoms with E-state index in [2.05, 4.69) is 5.32 Å². The van der Waals surface area contributed by atoms with E-state index in [1.165, 1.54) is 13.0 Å². The molecule has 0 spiro atoms. The summed E-state index contributed by atoms with van der Waals surface area (Å²) in [6, 6.07) is 2.51. The highest BCUT2D eigenvalue weighted by molar-refractivity contribution is 7.90. The van der Waals surface area contributed by atoms with Crippen LogP contribution in [-0.4, -0.2) is 27.4 Å². The molecule has 0 fully saturated rings. The molecular formula is C11H13F4NO2S. The SMILES string of the molecule is C[C@@H](NCC(F)(F)F)c1ccc(S(C)(=O)=O)c(F)c1. The summed E-state index contributed by atoms with van der Waals surface area (Å²) >= 11 is 0. The summed E-state index contributed by atoms with van der Waals surface area (Å²) in [5.74, 6) is -0.972. The fourth-order valence-electron chi connectivity index (χ4n) is 1.47. The number of alkyl halides is 3. The van der Waals surface area contributed by atoms with Gasteiger partial charge in [0.05, 0.1) is 6.54 Å². The molecule has 0 aromatic heterocycles. The number of halogens is 4. The maximum absolute atomic E-state index is 13.6. The Bertz CT molecular complexity index is 554. The van der Waals surface area contributed by atoms with Gasteiger partial charge in [-0.25, -0.2) is 12.8 Å². The van der Waals surface area contributed by atoms with Gasteiger partial charge in [0.1, 0.15) is 10.7 Å². The van der Waals surface area contributed by atoms with Crippen LogP contribution in [0.25, 0.3) is 0 Å². The standard InChI is InChI=1S/C11H13F4NO2S/c1-7(16-6-11(13,14)15)8-3-4-10(9(12)5-8)19(2,17)18/h3-5,7,16H,6H2,1-2H3/t7-/m1/s1. The van der Waals surface area contributed by atoms with Crippen molar-refractivity contribution in [2.75, 3.05) is 12.8 Å². The first-order valence-electron chi connectivity index (χ1n) is 5.30. The Kier molecular flexibility index (Phi) is 4.57. The van der Waals surface area contributed by atoms with E-state index >= 15 is 0 Å². The summed E-state index contributed by atoms with van der Waals surface area (Å²) in [5.41, 5.74) is 0.245. The molecule has 1 aromatic carbocycles. The summed E-state index contributed by atoms with van der Waals surface area (Å²) in [4.78, 5) is -0.473. The largest absolute Gasteiger partial charge is 0.401 e. The van der Waals surface area contributed by atoms with Crippen LogP contribution in [0.1, 0.15) is 18.5 Å². The molecule has 1 atom stereocenters. The van der Waals surface area contributed by atoms with Crippen LogP contribution in [-0.2, 0) is 9.84 Å². The lowest BCUT2D eigenvalue weighted by atomic mass is 10.1. The maximum atomic E-state index is 13.6. The molecule has 0 aliphatic rings. The van der Waals surface area contributed by atoms with Crippen LogP contribution in [0, 0.1) is 5.82 Å². The molecule has 1 aromatic rings. The van der Waals surface area contributed by atoms with Crippen molar-refractivity contribution in [2.24, 2.45) is 0 Å². The molecule has 0 amide bonds. The molecule has 0 unspecified atom stereocenters. The Hall–Kier alpha value is -1.15. The zero-order chi connectivity index (χ0) is 14.8. The number of hydrogen-bond donors (Lipinski definition) is 1. The minimum Gasteiger partial charge on any atom is -0.302 e. The zero-order valence-electron chi connectivity index (χ0n) is 10.3. The van der Waals surface area contributed by atoms with Gasteiger partial charge in [0.25, 0.3) is 0 Å². The van der Waals surface area contributed by atoms with Gasteiger partial charge in [-0.3, -0.25) is 0 Å². The van der Waals surface area contributed by atoms with E-state index in [-0.39, 0.29) is 5.56 Å². The Morgan fingerprint density at radius 2 is 1.89 bits per heavy atom. The normalized spacial score (nSPS) is 14.4. The fraction of sp³-hybridized carbons (Fsp3) is 0.455. The highest BCUT2D eigenvalue weighted by atomic mass is 32.2. The summed E-state index contributed by atoms with van der Waals surface area (Å²) in [6.07, 6.45) is -3.50. The van der Waals surface area contributed by atoms with Crippen molar-refractivity contribution in [1.29, 1.82) is 0 Å². The number of rotatable bonds is 4. The van der Waals surface area contributed by atoms with E-state index < -0.39 is 39.3 Å². The summed E-state index contributed by atoms with van der Waals surface area (Å²) in [7, 11) is -3.69. The van der Waals surface area contributed by atoms with E-state index in [0.29, 0.717) is 0 Å². The van der Waals surface area contributed by atoms with E-state index in [1.54, 1.807) is 0 Å². The second kappa shape index (κ2) is 5.46. The van der Waals surface area contributed by atoms with Crippen molar-refractivity contribution in [3.05, 3.63) is 29.6 Å². The molecule has 1 rings (SSSR count). The Morgan fingerprint density at radius 1 is 1.32 bits per heavy atom. The van der Waals surface area contributed by atoms with Gasteiger partial charge in [0, 0.05) is 12.3 Å². The van der Waals surface area contributed by atoms with Crippen LogP contribution in [0.4, 0.5) is 17.6 Å². The van der Waals surface area contributed by atoms with Crippen molar-refractivity contribution < 1.29 is 26.0 Å². The Balaban J connectivity index is 2.90. The first-order valence-corrected chi connectivity index (χ1v) is 7.19. The van der Waals surface area contributed by atoms with E-state index in [0.717, 1.165) is 18.4 Å². The van der Waals surface area contributed by atoms with Gasteiger partial charge in [-0.2, -0.15) is 13.2 Å². The number of benzene rings is 1. The Morgan fingerprint density at radius 3 is 2.32 bits per heavy atom. The van der Waals surface area contributed by atoms with Crippen molar-refractivity contribution in [2.45, 2.75) is 24.0 Å². The lowest BCUT2D eigenvalue weighted by molar-refractivity contribution is -0.126. The average Bonchev–Trinajstić information content (AvgIpc) is 2.22. The molecule has 0 radical (unpaired) electrons. The molecule has 0 aliphatic carbocycles. The number of sulfone groups is 1. The first-order chi connectivity index (χ1) is 8.50. The highest BCUT2D eigenvalue weighted by Gasteiger charge is 2.27. The average molecular weight is 299 g/mol. The second-order valence-electron chi connectivity index (χ2n) is 4.18. The number of nitrogens with one attached hydrogen (secondary N) is 1. The Labute approximate surface area is 108 Å². The van der Waals surface area contributed by atoms with Gasteiger partial charge in [-0.05, 0) is 24.6 Å². The lowest BCUT2D eigenvalue weighted by Gasteiger charge is -2.16. The van der Waals surface area contributed by atoms with E-state index in [1.807, 2.05) is 0 Å². The highest BCUT2D eigenvalue weighted by Crippen LogP contribution is 2.21. The predicted molar refractivity (Wildman–Crippen MR) is 62.0 cm³/mol. The first kappa shape index (κ1) is 15.9. The molecule has 0 aliphatic heterocycles. The monoisotopic (exact) mass is 299 g/mol. The van der Waals surface area contributed by atoms with Gasteiger partial charge in [0.15, 0.2) is 9.84 Å². The molecule has 0 saturated carbocycles. The molecular weight excluding hydrogens is 286 g/mol. The predicted octanol–water partition coefficient (Wildman–Crippen LogP) is 2.44. The van der Waals surface area contributed by atoms with Crippen LogP contribution in [0.3, 0.4) is 0 Å². The third-order valence-electron chi connectivity index (χ3n) is 2.46. The van der Waals surface area contributed by atoms with Crippen LogP contribution < -0.4 is 5.32 Å². The second-order valence-corrected chi connectivity index (χ2v) is 6.16. The molecule has 0 saturated heterocycles. The smallest absolute Gasteiger partial charge is 0.302 e. The van der Waals surface area contributed by atoms with Crippen LogP contribution in [0.15, 0.2) is 23.1 Å². The minimum atomic E-state index is -4.36.